The Morgan fingerprint density at radius 3 is 1.75 bits per heavy atom. The third-order valence-corrected chi connectivity index (χ3v) is 9.61. The molecule has 3 aromatic rings. The maximum atomic E-state index is 14.5. The van der Waals surface area contributed by atoms with Gasteiger partial charge in [0, 0.05) is 49.7 Å². The molecule has 2 unspecified atom stereocenters. The molecule has 0 amide bonds. The van der Waals surface area contributed by atoms with Gasteiger partial charge in [0.05, 0.1) is 30.7 Å². The van der Waals surface area contributed by atoms with Crippen molar-refractivity contribution < 1.29 is 36.0 Å². The normalized spacial score (nSPS) is 22.9. The topological polar surface area (TPSA) is 52.6 Å². The lowest BCUT2D eigenvalue weighted by atomic mass is 9.85. The summed E-state index contributed by atoms with van der Waals surface area (Å²) in [6.45, 7) is 6.32. The van der Waals surface area contributed by atoms with Gasteiger partial charge in [-0.3, -0.25) is 0 Å². The van der Waals surface area contributed by atoms with Gasteiger partial charge in [-0.1, -0.05) is 78.9 Å². The molecule has 2 bridgehead atoms. The molecule has 40 heavy (non-hydrogen) atoms. The molecule has 0 aromatic heterocycles. The number of esters is 2. The molecule has 1 spiro atoms. The zero-order valence-electron chi connectivity index (χ0n) is 23.4. The average molecular weight is 560 g/mol. The SMILES string of the molecule is Cc1cccc(C)c1C(=O)OC(C(=O)OC1CC2CCC(C1)[N+]21CCCC1)(c1ccccc1)c1ccccc1.[Cl-]. The highest BCUT2D eigenvalue weighted by atomic mass is 35.5. The highest BCUT2D eigenvalue weighted by Gasteiger charge is 2.57. The Bertz CT molecular complexity index is 1280. The van der Waals surface area contributed by atoms with Crippen LogP contribution >= 0.6 is 0 Å². The summed E-state index contributed by atoms with van der Waals surface area (Å²) in [5, 5.41) is 0. The quantitative estimate of drug-likeness (QED) is 0.344. The Balaban J connectivity index is 0.00000323. The molecular weight excluding hydrogens is 522 g/mol. The fourth-order valence-electron chi connectivity index (χ4n) is 7.78. The van der Waals surface area contributed by atoms with Crippen molar-refractivity contribution in [1.82, 2.24) is 0 Å². The van der Waals surface area contributed by atoms with Crippen molar-refractivity contribution in [1.29, 1.82) is 0 Å². The number of quaternary nitrogens is 1. The van der Waals surface area contributed by atoms with Gasteiger partial charge in [-0.05, 0) is 25.0 Å². The van der Waals surface area contributed by atoms with E-state index in [4.69, 9.17) is 9.47 Å². The molecule has 6 heteroatoms. The summed E-state index contributed by atoms with van der Waals surface area (Å²) in [7, 11) is 0. The van der Waals surface area contributed by atoms with Crippen molar-refractivity contribution in [2.24, 2.45) is 0 Å². The standard InChI is InChI=1S/C34H38NO4.ClH/c1-24-12-11-13-25(2)31(24)32(36)39-34(26-14-5-3-6-15-26,27-16-7-4-8-17-27)33(37)38-30-22-28-18-19-29(23-30)35(28)20-9-10-21-35;/h3-8,11-17,28-30H,9-10,18-23H2,1-2H3;1H/q+1;/p-1. The van der Waals surface area contributed by atoms with Gasteiger partial charge in [0.2, 0.25) is 0 Å². The minimum absolute atomic E-state index is 0. The number of benzene rings is 3. The summed E-state index contributed by atoms with van der Waals surface area (Å²) < 4.78 is 14.1. The fraction of sp³-hybridized carbons (Fsp3) is 0.412. The lowest BCUT2D eigenvalue weighted by Gasteiger charge is -2.47. The van der Waals surface area contributed by atoms with Gasteiger partial charge in [0.1, 0.15) is 6.10 Å². The number of hydrogen-bond acceptors (Lipinski definition) is 4. The third-order valence-electron chi connectivity index (χ3n) is 9.61. The van der Waals surface area contributed by atoms with Crippen LogP contribution in [0, 0.1) is 13.8 Å². The summed E-state index contributed by atoms with van der Waals surface area (Å²) in [4.78, 5) is 28.4. The van der Waals surface area contributed by atoms with Crippen molar-refractivity contribution in [3.05, 3.63) is 107 Å². The molecule has 3 saturated heterocycles. The smallest absolute Gasteiger partial charge is 0.360 e. The molecule has 5 nitrogen and oxygen atoms in total. The van der Waals surface area contributed by atoms with Crippen LogP contribution in [0.1, 0.15) is 71.1 Å². The summed E-state index contributed by atoms with van der Waals surface area (Å²) in [5.41, 5.74) is 1.56. The first-order valence-corrected chi connectivity index (χ1v) is 14.4. The number of nitrogens with zero attached hydrogens (tertiary/aromatic N) is 1. The van der Waals surface area contributed by atoms with Crippen LogP contribution in [0.5, 0.6) is 0 Å². The predicted octanol–water partition coefficient (Wildman–Crippen LogP) is 3.26. The number of carbonyl (C=O) groups is 2. The fourth-order valence-corrected chi connectivity index (χ4v) is 7.78. The average Bonchev–Trinajstić information content (AvgIpc) is 3.49. The second-order valence-corrected chi connectivity index (χ2v) is 11.7. The molecule has 3 aromatic carbocycles. The second-order valence-electron chi connectivity index (χ2n) is 11.7. The van der Waals surface area contributed by atoms with Gasteiger partial charge in [-0.15, -0.1) is 0 Å². The molecule has 3 aliphatic rings. The molecule has 0 radical (unpaired) electrons. The Kier molecular flexibility index (Phi) is 8.08. The third kappa shape index (κ3) is 4.73. The first kappa shape index (κ1) is 28.4. The summed E-state index contributed by atoms with van der Waals surface area (Å²) in [6.07, 6.45) is 6.61. The number of ether oxygens (including phenoxy) is 2. The maximum Gasteiger partial charge on any atom is 0.360 e. The van der Waals surface area contributed by atoms with E-state index in [-0.39, 0.29) is 18.5 Å². The minimum atomic E-state index is -1.72. The van der Waals surface area contributed by atoms with Crippen LogP contribution in [-0.2, 0) is 19.9 Å². The van der Waals surface area contributed by atoms with Gasteiger partial charge in [0.25, 0.3) is 5.60 Å². The van der Waals surface area contributed by atoms with E-state index < -0.39 is 17.5 Å². The largest absolute Gasteiger partial charge is 1.00 e. The number of piperidine rings is 1. The number of halogens is 1. The Hall–Kier alpha value is -3.15. The zero-order valence-corrected chi connectivity index (χ0v) is 24.1. The molecule has 3 aliphatic heterocycles. The lowest BCUT2D eigenvalue weighted by molar-refractivity contribution is -0.956. The lowest BCUT2D eigenvalue weighted by Crippen LogP contribution is -3.00. The number of aryl methyl sites for hydroxylation is 2. The molecule has 0 N–H and O–H groups in total. The Morgan fingerprint density at radius 2 is 1.25 bits per heavy atom. The summed E-state index contributed by atoms with van der Waals surface area (Å²) >= 11 is 0. The van der Waals surface area contributed by atoms with E-state index in [0.29, 0.717) is 28.8 Å². The first-order chi connectivity index (χ1) is 18.9. The molecule has 210 valence electrons. The molecule has 3 heterocycles. The first-order valence-electron chi connectivity index (χ1n) is 14.4. The summed E-state index contributed by atoms with van der Waals surface area (Å²) in [6, 6.07) is 25.5. The predicted molar refractivity (Wildman–Crippen MR) is 150 cm³/mol. The molecular formula is C34H38ClNO4. The number of carbonyl (C=O) groups excluding carboxylic acids is 2. The van der Waals surface area contributed by atoms with Crippen LogP contribution in [0.15, 0.2) is 78.9 Å². The van der Waals surface area contributed by atoms with Crippen molar-refractivity contribution in [2.75, 3.05) is 13.1 Å². The van der Waals surface area contributed by atoms with Gasteiger partial charge in [-0.2, -0.15) is 0 Å². The van der Waals surface area contributed by atoms with Crippen molar-refractivity contribution >= 4 is 11.9 Å². The Morgan fingerprint density at radius 1 is 0.750 bits per heavy atom. The van der Waals surface area contributed by atoms with E-state index in [9.17, 15) is 9.59 Å². The summed E-state index contributed by atoms with van der Waals surface area (Å²) in [5.74, 6) is -1.04. The van der Waals surface area contributed by atoms with Gasteiger partial charge in [-0.25, -0.2) is 9.59 Å². The van der Waals surface area contributed by atoms with Gasteiger partial charge < -0.3 is 26.4 Å². The highest BCUT2D eigenvalue weighted by Crippen LogP contribution is 2.47. The van der Waals surface area contributed by atoms with Crippen LogP contribution in [0.2, 0.25) is 0 Å². The molecule has 3 fully saturated rings. The second kappa shape index (κ2) is 11.4. The zero-order chi connectivity index (χ0) is 27.0. The molecule has 2 atom stereocenters. The molecule has 6 rings (SSSR count). The van der Waals surface area contributed by atoms with E-state index in [0.717, 1.165) is 24.0 Å². The van der Waals surface area contributed by atoms with E-state index >= 15 is 0 Å². The van der Waals surface area contributed by atoms with Crippen molar-refractivity contribution in [2.45, 2.75) is 76.2 Å². The van der Waals surface area contributed by atoms with Crippen molar-refractivity contribution in [3.8, 4) is 0 Å². The molecule has 0 saturated carbocycles. The van der Waals surface area contributed by atoms with Crippen LogP contribution in [0.3, 0.4) is 0 Å². The number of rotatable bonds is 6. The van der Waals surface area contributed by atoms with E-state index in [1.807, 2.05) is 92.7 Å². The van der Waals surface area contributed by atoms with E-state index in [2.05, 4.69) is 0 Å². The maximum absolute atomic E-state index is 14.5. The number of hydrogen-bond donors (Lipinski definition) is 0. The van der Waals surface area contributed by atoms with Gasteiger partial charge in [0.15, 0.2) is 0 Å². The molecule has 0 aliphatic carbocycles. The van der Waals surface area contributed by atoms with Crippen LogP contribution in [0.25, 0.3) is 0 Å². The highest BCUT2D eigenvalue weighted by molar-refractivity contribution is 5.97. The van der Waals surface area contributed by atoms with Gasteiger partial charge >= 0.3 is 11.9 Å². The minimum Gasteiger partial charge on any atom is -1.00 e. The Labute approximate surface area is 243 Å². The van der Waals surface area contributed by atoms with Crippen molar-refractivity contribution in [3.63, 3.8) is 0 Å². The van der Waals surface area contributed by atoms with Crippen LogP contribution in [-0.4, -0.2) is 47.7 Å². The van der Waals surface area contributed by atoms with E-state index in [1.54, 1.807) is 0 Å². The monoisotopic (exact) mass is 559 g/mol. The van der Waals surface area contributed by atoms with Crippen LogP contribution in [0.4, 0.5) is 0 Å². The van der Waals surface area contributed by atoms with Crippen LogP contribution < -0.4 is 12.4 Å². The van der Waals surface area contributed by atoms with E-state index in [1.165, 1.54) is 43.3 Å².